The topological polar surface area (TPSA) is 35.5 Å². The van der Waals surface area contributed by atoms with E-state index in [2.05, 4.69) is 0 Å². The van der Waals surface area contributed by atoms with Crippen molar-refractivity contribution in [2.24, 2.45) is 0 Å². The second kappa shape index (κ2) is 5.27. The molecule has 0 aliphatic rings. The van der Waals surface area contributed by atoms with Crippen LogP contribution in [0.4, 0.5) is 0 Å². The van der Waals surface area contributed by atoms with E-state index in [0.29, 0.717) is 6.42 Å². The zero-order chi connectivity index (χ0) is 9.61. The maximum Gasteiger partial charge on any atom is 0.161 e. The molecule has 72 valence electrons. The van der Waals surface area contributed by atoms with E-state index in [9.17, 15) is 4.79 Å². The predicted octanol–water partition coefficient (Wildman–Crippen LogP) is 2.10. The van der Waals surface area contributed by atoms with Crippen LogP contribution in [0.25, 0.3) is 0 Å². The molecule has 0 amide bonds. The monoisotopic (exact) mass is 174 g/mol. The minimum Gasteiger partial charge on any atom is -0.297 e. The lowest BCUT2D eigenvalue weighted by Gasteiger charge is -2.16. The molecule has 0 radical (unpaired) electrons. The van der Waals surface area contributed by atoms with Crippen LogP contribution in [0, 0.1) is 0 Å². The summed E-state index contributed by atoms with van der Waals surface area (Å²) in [5.74, 6) is 0.0850. The number of rotatable bonds is 5. The van der Waals surface area contributed by atoms with Crippen LogP contribution in [0.1, 0.15) is 40.5 Å². The summed E-state index contributed by atoms with van der Waals surface area (Å²) >= 11 is 0. The van der Waals surface area contributed by atoms with Crippen LogP contribution in [0.5, 0.6) is 0 Å². The first-order chi connectivity index (χ1) is 5.45. The fourth-order valence-corrected chi connectivity index (χ4v) is 0.623. The molecular weight excluding hydrogens is 156 g/mol. The van der Waals surface area contributed by atoms with E-state index < -0.39 is 0 Å². The van der Waals surface area contributed by atoms with Crippen LogP contribution >= 0.6 is 0 Å². The molecule has 0 atom stereocenters. The van der Waals surface area contributed by atoms with Gasteiger partial charge in [-0.15, -0.1) is 0 Å². The van der Waals surface area contributed by atoms with E-state index in [-0.39, 0.29) is 18.0 Å². The highest BCUT2D eigenvalue weighted by Crippen LogP contribution is 2.06. The van der Waals surface area contributed by atoms with E-state index in [1.165, 1.54) is 0 Å². The van der Waals surface area contributed by atoms with Crippen LogP contribution in [-0.2, 0) is 14.6 Å². The Morgan fingerprint density at radius 2 is 1.92 bits per heavy atom. The van der Waals surface area contributed by atoms with Gasteiger partial charge in [0, 0.05) is 6.42 Å². The fraction of sp³-hybridized carbons (Fsp3) is 0.889. The Morgan fingerprint density at radius 1 is 1.33 bits per heavy atom. The summed E-state index contributed by atoms with van der Waals surface area (Å²) in [4.78, 5) is 20.6. The Bertz CT molecular complexity index is 135. The Kier molecular flexibility index (Phi) is 5.09. The molecule has 0 fully saturated rings. The highest BCUT2D eigenvalue weighted by molar-refractivity contribution is 5.79. The highest BCUT2D eigenvalue weighted by atomic mass is 17.2. The molecular formula is C9H18O3. The van der Waals surface area contributed by atoms with Crippen LogP contribution in [0.2, 0.25) is 0 Å². The van der Waals surface area contributed by atoms with E-state index >= 15 is 0 Å². The van der Waals surface area contributed by atoms with Gasteiger partial charge < -0.3 is 0 Å². The van der Waals surface area contributed by atoms with Crippen molar-refractivity contribution in [2.75, 3.05) is 6.61 Å². The number of hydrogen-bond acceptors (Lipinski definition) is 3. The van der Waals surface area contributed by atoms with Gasteiger partial charge in [0.05, 0.1) is 5.60 Å². The van der Waals surface area contributed by atoms with Crippen molar-refractivity contribution in [1.29, 1.82) is 0 Å². The molecule has 0 N–H and O–H groups in total. The zero-order valence-electron chi connectivity index (χ0n) is 8.35. The van der Waals surface area contributed by atoms with Gasteiger partial charge in [0.15, 0.2) is 5.78 Å². The van der Waals surface area contributed by atoms with E-state index in [1.807, 2.05) is 27.7 Å². The van der Waals surface area contributed by atoms with E-state index in [1.54, 1.807) is 0 Å². The third-order valence-electron chi connectivity index (χ3n) is 1.06. The van der Waals surface area contributed by atoms with Crippen molar-refractivity contribution >= 4 is 5.78 Å². The molecule has 0 unspecified atom stereocenters. The van der Waals surface area contributed by atoms with Crippen LogP contribution in [0.3, 0.4) is 0 Å². The predicted molar refractivity (Wildman–Crippen MR) is 46.7 cm³/mol. The van der Waals surface area contributed by atoms with Gasteiger partial charge in [-0.3, -0.25) is 4.79 Å². The Labute approximate surface area is 74.0 Å². The summed E-state index contributed by atoms with van der Waals surface area (Å²) in [5.41, 5.74) is -0.341. The minimum absolute atomic E-state index is 0.0606. The Balaban J connectivity index is 3.37. The quantitative estimate of drug-likeness (QED) is 0.473. The van der Waals surface area contributed by atoms with Crippen molar-refractivity contribution in [3.05, 3.63) is 0 Å². The number of Topliss-reactive ketones (excluding diaryl/α,β-unsaturated/α-hetero) is 1. The molecule has 0 bridgehead atoms. The molecule has 0 aromatic carbocycles. The molecule has 0 aliphatic heterocycles. The standard InChI is InChI=1S/C9H18O3/c1-5-6-8(10)7-11-12-9(2,3)4/h5-7H2,1-4H3. The average Bonchev–Trinajstić information content (AvgIpc) is 1.84. The first kappa shape index (κ1) is 11.6. The number of carbonyl (C=O) groups is 1. The largest absolute Gasteiger partial charge is 0.297 e. The second-order valence-electron chi connectivity index (χ2n) is 3.75. The molecule has 0 saturated heterocycles. The van der Waals surface area contributed by atoms with Crippen LogP contribution in [-0.4, -0.2) is 18.0 Å². The lowest BCUT2D eigenvalue weighted by atomic mass is 10.2. The normalized spacial score (nSPS) is 11.7. The summed E-state index contributed by atoms with van der Waals surface area (Å²) in [6, 6.07) is 0. The van der Waals surface area contributed by atoms with Crippen molar-refractivity contribution in [3.8, 4) is 0 Å². The first-order valence-corrected chi connectivity index (χ1v) is 4.28. The van der Waals surface area contributed by atoms with Crippen LogP contribution in [0.15, 0.2) is 0 Å². The molecule has 0 aliphatic carbocycles. The van der Waals surface area contributed by atoms with Crippen molar-refractivity contribution < 1.29 is 14.6 Å². The smallest absolute Gasteiger partial charge is 0.161 e. The summed E-state index contributed by atoms with van der Waals surface area (Å²) in [5, 5.41) is 0. The minimum atomic E-state index is -0.341. The van der Waals surface area contributed by atoms with Gasteiger partial charge in [0.25, 0.3) is 0 Å². The maximum absolute atomic E-state index is 10.9. The summed E-state index contributed by atoms with van der Waals surface area (Å²) in [6.07, 6.45) is 1.42. The third kappa shape index (κ3) is 7.69. The third-order valence-corrected chi connectivity index (χ3v) is 1.06. The van der Waals surface area contributed by atoms with Crippen LogP contribution < -0.4 is 0 Å². The number of ketones is 1. The van der Waals surface area contributed by atoms with Gasteiger partial charge in [0.1, 0.15) is 6.61 Å². The molecule has 12 heavy (non-hydrogen) atoms. The second-order valence-corrected chi connectivity index (χ2v) is 3.75. The van der Waals surface area contributed by atoms with Gasteiger partial charge in [-0.05, 0) is 27.2 Å². The molecule has 0 saturated carbocycles. The highest BCUT2D eigenvalue weighted by Gasteiger charge is 2.12. The van der Waals surface area contributed by atoms with Gasteiger partial charge in [0.2, 0.25) is 0 Å². The summed E-state index contributed by atoms with van der Waals surface area (Å²) < 4.78 is 0. The first-order valence-electron chi connectivity index (χ1n) is 4.28. The van der Waals surface area contributed by atoms with Gasteiger partial charge in [-0.25, -0.2) is 9.78 Å². The number of carbonyl (C=O) groups excluding carboxylic acids is 1. The van der Waals surface area contributed by atoms with Crippen molar-refractivity contribution in [2.45, 2.75) is 46.1 Å². The molecule has 0 spiro atoms. The SMILES string of the molecule is CCCC(=O)COOC(C)(C)C. The van der Waals surface area contributed by atoms with Gasteiger partial charge in [-0.1, -0.05) is 6.92 Å². The molecule has 0 aromatic heterocycles. The number of hydrogen-bond donors (Lipinski definition) is 0. The van der Waals surface area contributed by atoms with Gasteiger partial charge in [-0.2, -0.15) is 0 Å². The Hall–Kier alpha value is -0.410. The Morgan fingerprint density at radius 3 is 2.33 bits per heavy atom. The van der Waals surface area contributed by atoms with Gasteiger partial charge >= 0.3 is 0 Å². The van der Waals surface area contributed by atoms with E-state index in [4.69, 9.17) is 9.78 Å². The molecule has 0 aromatic rings. The average molecular weight is 174 g/mol. The van der Waals surface area contributed by atoms with Crippen molar-refractivity contribution in [1.82, 2.24) is 0 Å². The molecule has 3 nitrogen and oxygen atoms in total. The van der Waals surface area contributed by atoms with Crippen molar-refractivity contribution in [3.63, 3.8) is 0 Å². The molecule has 3 heteroatoms. The fourth-order valence-electron chi connectivity index (χ4n) is 0.623. The maximum atomic E-state index is 10.9. The summed E-state index contributed by atoms with van der Waals surface area (Å²) in [7, 11) is 0. The summed E-state index contributed by atoms with van der Waals surface area (Å²) in [6.45, 7) is 7.64. The lowest BCUT2D eigenvalue weighted by Crippen LogP contribution is -2.21. The van der Waals surface area contributed by atoms with E-state index in [0.717, 1.165) is 6.42 Å². The lowest BCUT2D eigenvalue weighted by molar-refractivity contribution is -0.342. The molecule has 0 rings (SSSR count). The molecule has 0 heterocycles. The zero-order valence-corrected chi connectivity index (χ0v) is 8.35.